The highest BCUT2D eigenvalue weighted by molar-refractivity contribution is 5.85. The Hall–Kier alpha value is -2.39. The topological polar surface area (TPSA) is 148 Å². The Morgan fingerprint density at radius 3 is 2.16 bits per heavy atom. The van der Waals surface area contributed by atoms with Crippen LogP contribution in [0.2, 0.25) is 0 Å². The molecular formula is C19H29F3N4O5. The van der Waals surface area contributed by atoms with Crippen molar-refractivity contribution in [3.05, 3.63) is 0 Å². The van der Waals surface area contributed by atoms with E-state index in [0.29, 0.717) is 19.5 Å². The van der Waals surface area contributed by atoms with E-state index in [1.165, 1.54) is 0 Å². The number of carboxylic acids is 1. The van der Waals surface area contributed by atoms with Gasteiger partial charge in [-0.3, -0.25) is 9.59 Å². The lowest BCUT2D eigenvalue weighted by molar-refractivity contribution is -0.192. The van der Waals surface area contributed by atoms with Gasteiger partial charge in [0.2, 0.25) is 11.8 Å². The summed E-state index contributed by atoms with van der Waals surface area (Å²) in [4.78, 5) is 37.4. The van der Waals surface area contributed by atoms with Crippen LogP contribution in [0, 0.1) is 16.7 Å². The Morgan fingerprint density at radius 2 is 1.68 bits per heavy atom. The van der Waals surface area contributed by atoms with Gasteiger partial charge in [-0.25, -0.2) is 4.79 Å². The first-order valence-corrected chi connectivity index (χ1v) is 9.92. The lowest BCUT2D eigenvalue weighted by Gasteiger charge is -2.35. The first kappa shape index (κ1) is 26.6. The molecule has 2 aliphatic heterocycles. The number of aliphatic hydroxyl groups is 1. The maximum atomic E-state index is 12.7. The van der Waals surface area contributed by atoms with Crippen LogP contribution >= 0.6 is 0 Å². The molecule has 0 saturated carbocycles. The maximum Gasteiger partial charge on any atom is 0.490 e. The second-order valence-corrected chi connectivity index (χ2v) is 8.33. The van der Waals surface area contributed by atoms with Crippen LogP contribution in [0.4, 0.5) is 13.2 Å². The number of hydrogen-bond donors (Lipinski definition) is 3. The van der Waals surface area contributed by atoms with Gasteiger partial charge in [-0.1, -0.05) is 13.8 Å². The highest BCUT2D eigenvalue weighted by atomic mass is 19.4. The van der Waals surface area contributed by atoms with Gasteiger partial charge in [0.1, 0.15) is 6.04 Å². The predicted octanol–water partition coefficient (Wildman–Crippen LogP) is 0.861. The minimum Gasteiger partial charge on any atom is -0.475 e. The molecule has 2 saturated heterocycles. The van der Waals surface area contributed by atoms with Crippen LogP contribution < -0.4 is 5.73 Å². The quantitative estimate of drug-likeness (QED) is 0.563. The number of rotatable bonds is 5. The molecule has 2 aliphatic rings. The first-order valence-electron chi connectivity index (χ1n) is 9.92. The van der Waals surface area contributed by atoms with Crippen LogP contribution in [0.1, 0.15) is 46.0 Å². The number of aliphatic carboxylic acids is 1. The van der Waals surface area contributed by atoms with E-state index in [4.69, 9.17) is 20.9 Å². The van der Waals surface area contributed by atoms with Crippen molar-refractivity contribution in [2.45, 2.75) is 70.3 Å². The third-order valence-electron chi connectivity index (χ3n) is 5.55. The van der Waals surface area contributed by atoms with Crippen molar-refractivity contribution in [2.24, 2.45) is 11.1 Å². The minimum atomic E-state index is -5.08. The molecule has 12 heteroatoms. The summed E-state index contributed by atoms with van der Waals surface area (Å²) >= 11 is 0. The Balaban J connectivity index is 0.000000592. The van der Waals surface area contributed by atoms with Crippen LogP contribution in [-0.4, -0.2) is 81.8 Å². The molecule has 0 bridgehead atoms. The third kappa shape index (κ3) is 7.07. The largest absolute Gasteiger partial charge is 0.490 e. The molecule has 9 nitrogen and oxygen atoms in total. The number of carboxylic acid groups (broad SMARTS) is 1. The van der Waals surface area contributed by atoms with Gasteiger partial charge < -0.3 is 25.7 Å². The minimum absolute atomic E-state index is 0.0330. The lowest BCUT2D eigenvalue weighted by atomic mass is 9.80. The second-order valence-electron chi connectivity index (χ2n) is 8.33. The fourth-order valence-electron chi connectivity index (χ4n) is 3.63. The van der Waals surface area contributed by atoms with Gasteiger partial charge >= 0.3 is 12.1 Å². The second kappa shape index (κ2) is 10.8. The van der Waals surface area contributed by atoms with Gasteiger partial charge in [0, 0.05) is 19.5 Å². The molecule has 2 amide bonds. The molecule has 1 unspecified atom stereocenters. The molecule has 3 atom stereocenters. The maximum absolute atomic E-state index is 12.7. The monoisotopic (exact) mass is 450 g/mol. The predicted molar refractivity (Wildman–Crippen MR) is 102 cm³/mol. The first-order chi connectivity index (χ1) is 14.3. The Kier molecular flexibility index (Phi) is 9.26. The molecule has 31 heavy (non-hydrogen) atoms. The number of nitrogens with two attached hydrogens (primary N) is 1. The number of nitrogens with zero attached hydrogens (tertiary/aromatic N) is 3. The van der Waals surface area contributed by atoms with E-state index in [9.17, 15) is 27.9 Å². The molecule has 0 aromatic heterocycles. The van der Waals surface area contributed by atoms with Crippen LogP contribution in [-0.2, 0) is 14.4 Å². The van der Waals surface area contributed by atoms with E-state index >= 15 is 0 Å². The number of hydrogen-bond acceptors (Lipinski definition) is 6. The normalized spacial score (nSPS) is 22.4. The van der Waals surface area contributed by atoms with E-state index in [2.05, 4.69) is 6.07 Å². The van der Waals surface area contributed by atoms with E-state index in [-0.39, 0.29) is 30.9 Å². The molecule has 0 spiro atoms. The third-order valence-corrected chi connectivity index (χ3v) is 5.55. The number of aliphatic hydroxyl groups excluding tert-OH is 1. The fourth-order valence-corrected chi connectivity index (χ4v) is 3.63. The summed E-state index contributed by atoms with van der Waals surface area (Å²) in [6.07, 6.45) is -1.74. The summed E-state index contributed by atoms with van der Waals surface area (Å²) in [5.41, 5.74) is 5.48. The number of halogens is 3. The average Bonchev–Trinajstić information content (AvgIpc) is 3.34. The van der Waals surface area contributed by atoms with Crippen molar-refractivity contribution in [1.82, 2.24) is 9.80 Å². The molecule has 4 N–H and O–H groups in total. The van der Waals surface area contributed by atoms with Crippen molar-refractivity contribution < 1.29 is 37.8 Å². The van der Waals surface area contributed by atoms with Crippen LogP contribution in [0.25, 0.3) is 0 Å². The molecule has 0 radical (unpaired) electrons. The van der Waals surface area contributed by atoms with Crippen molar-refractivity contribution in [3.8, 4) is 6.07 Å². The molecular weight excluding hydrogens is 421 g/mol. The SMILES string of the molecule is CC(C)(CC(=O)N1CCC[C@H]1CO)C(N)C(=O)N1CCC[C@H]1C#N.O=C(O)C(F)(F)F. The number of amides is 2. The average molecular weight is 450 g/mol. The van der Waals surface area contributed by atoms with E-state index in [1.807, 2.05) is 13.8 Å². The Morgan fingerprint density at radius 1 is 1.16 bits per heavy atom. The van der Waals surface area contributed by atoms with Crippen molar-refractivity contribution >= 4 is 17.8 Å². The van der Waals surface area contributed by atoms with Crippen molar-refractivity contribution in [3.63, 3.8) is 0 Å². The van der Waals surface area contributed by atoms with Crippen molar-refractivity contribution in [1.29, 1.82) is 5.26 Å². The van der Waals surface area contributed by atoms with Gasteiger partial charge in [-0.15, -0.1) is 0 Å². The smallest absolute Gasteiger partial charge is 0.475 e. The van der Waals surface area contributed by atoms with Crippen LogP contribution in [0.15, 0.2) is 0 Å². The number of likely N-dealkylation sites (tertiary alicyclic amines) is 2. The van der Waals surface area contributed by atoms with Crippen LogP contribution in [0.3, 0.4) is 0 Å². The number of carbonyl (C=O) groups is 3. The van der Waals surface area contributed by atoms with Gasteiger partial charge in [0.15, 0.2) is 0 Å². The van der Waals surface area contributed by atoms with E-state index in [0.717, 1.165) is 19.3 Å². The standard InChI is InChI=1S/C17H28N4O3.C2HF3O2/c1-17(2,9-14(23)20-7-4-6-13(20)11-22)15(19)16(24)21-8-3-5-12(21)10-18;3-2(4,5)1(6)7/h12-13,15,22H,3-9,11,19H2,1-2H3;(H,6,7)/t12-,13-,15?;/m0./s1. The van der Waals surface area contributed by atoms with Gasteiger partial charge in [-0.2, -0.15) is 18.4 Å². The zero-order valence-corrected chi connectivity index (χ0v) is 17.6. The number of nitriles is 1. The molecule has 0 aromatic rings. The lowest BCUT2D eigenvalue weighted by Crippen LogP contribution is -2.54. The fraction of sp³-hybridized carbons (Fsp3) is 0.789. The van der Waals surface area contributed by atoms with Gasteiger partial charge in [0.25, 0.3) is 0 Å². The molecule has 0 aliphatic carbocycles. The molecule has 176 valence electrons. The highest BCUT2D eigenvalue weighted by Gasteiger charge is 2.41. The number of alkyl halides is 3. The van der Waals surface area contributed by atoms with Gasteiger partial charge in [-0.05, 0) is 31.1 Å². The zero-order valence-electron chi connectivity index (χ0n) is 17.6. The van der Waals surface area contributed by atoms with Gasteiger partial charge in [0.05, 0.1) is 24.8 Å². The van der Waals surface area contributed by atoms with Crippen molar-refractivity contribution in [2.75, 3.05) is 19.7 Å². The molecule has 2 heterocycles. The van der Waals surface area contributed by atoms with E-state index < -0.39 is 29.6 Å². The van der Waals surface area contributed by atoms with E-state index in [1.54, 1.807) is 9.80 Å². The summed E-state index contributed by atoms with van der Waals surface area (Å²) in [7, 11) is 0. The highest BCUT2D eigenvalue weighted by Crippen LogP contribution is 2.30. The summed E-state index contributed by atoms with van der Waals surface area (Å²) < 4.78 is 31.7. The summed E-state index contributed by atoms with van der Waals surface area (Å²) in [5.74, 6) is -3.08. The summed E-state index contributed by atoms with van der Waals surface area (Å²) in [6.45, 7) is 4.79. The zero-order chi connectivity index (χ0) is 24.0. The van der Waals surface area contributed by atoms with Crippen LogP contribution in [0.5, 0.6) is 0 Å². The Labute approximate surface area is 178 Å². The summed E-state index contributed by atoms with van der Waals surface area (Å²) in [5, 5.41) is 25.6. The Bertz CT molecular complexity index is 708. The molecule has 2 rings (SSSR count). The summed E-state index contributed by atoms with van der Waals surface area (Å²) in [6, 6.07) is 0.785. The molecule has 2 fully saturated rings. The number of carbonyl (C=O) groups excluding carboxylic acids is 2. The molecule has 0 aromatic carbocycles.